The molecule has 8 nitrogen and oxygen atoms in total. The van der Waals surface area contributed by atoms with Gasteiger partial charge in [0.1, 0.15) is 18.1 Å². The van der Waals surface area contributed by atoms with Crippen LogP contribution in [0.1, 0.15) is 24.2 Å². The predicted octanol–water partition coefficient (Wildman–Crippen LogP) is 2.93. The molecule has 0 fully saturated rings. The van der Waals surface area contributed by atoms with E-state index in [1.807, 2.05) is 35.4 Å². The monoisotopic (exact) mass is 383 g/mol. The van der Waals surface area contributed by atoms with E-state index in [1.165, 1.54) is 12.1 Å². The number of rotatable bonds is 8. The first-order valence-electron chi connectivity index (χ1n) is 7.70. The maximum atomic E-state index is 10.6. The molecule has 0 bridgehead atoms. The van der Waals surface area contributed by atoms with Gasteiger partial charge in [0.05, 0.1) is 9.47 Å². The second-order valence-corrected chi connectivity index (χ2v) is 6.00. The predicted molar refractivity (Wildman–Crippen MR) is 97.6 cm³/mol. The molecule has 2 aromatic carbocycles. The molecule has 26 heavy (non-hydrogen) atoms. The zero-order valence-corrected chi connectivity index (χ0v) is 15.8. The minimum absolute atomic E-state index is 0.0962. The first-order chi connectivity index (χ1) is 12.4. The van der Waals surface area contributed by atoms with Crippen LogP contribution < -0.4 is 19.0 Å². The van der Waals surface area contributed by atoms with Gasteiger partial charge in [-0.05, 0) is 50.8 Å². The summed E-state index contributed by atoms with van der Waals surface area (Å²) in [4.78, 5) is 10.4. The highest BCUT2D eigenvalue weighted by molar-refractivity contribution is 7.10. The van der Waals surface area contributed by atoms with E-state index in [-0.39, 0.29) is 29.0 Å². The van der Waals surface area contributed by atoms with Gasteiger partial charge in [-0.3, -0.25) is 4.90 Å². The van der Waals surface area contributed by atoms with Crippen LogP contribution >= 0.6 is 9.47 Å². The summed E-state index contributed by atoms with van der Waals surface area (Å²) in [6.07, 6.45) is -1.26. The van der Waals surface area contributed by atoms with Crippen molar-refractivity contribution in [2.75, 3.05) is 14.1 Å². The molecular weight excluding hydrogens is 361 g/mol. The number of aliphatic hydroxyl groups excluding tert-OH is 1. The Hall–Kier alpha value is -2.09. The molecule has 0 saturated carbocycles. The first kappa shape index (κ1) is 20.2. The van der Waals surface area contributed by atoms with Crippen LogP contribution in [-0.4, -0.2) is 40.8 Å². The summed E-state index contributed by atoms with van der Waals surface area (Å²) in [5, 5.41) is 28.8. The smallest absolute Gasteiger partial charge is 0.253 e. The minimum Gasteiger partial charge on any atom is -0.476 e. The lowest BCUT2D eigenvalue weighted by molar-refractivity contribution is -0.165. The molecule has 0 aliphatic heterocycles. The molecule has 3 unspecified atom stereocenters. The Balaban J connectivity index is 2.30. The number of benzene rings is 2. The molecule has 142 valence electrons. The molecule has 0 heterocycles. The summed E-state index contributed by atoms with van der Waals surface area (Å²) in [6, 6.07) is 9.75. The fourth-order valence-corrected chi connectivity index (χ4v) is 2.44. The molecule has 0 saturated heterocycles. The van der Waals surface area contributed by atoms with Gasteiger partial charge < -0.3 is 24.1 Å². The third-order valence-electron chi connectivity index (χ3n) is 3.94. The van der Waals surface area contributed by atoms with Crippen LogP contribution in [0, 0.1) is 0 Å². The van der Waals surface area contributed by atoms with Crippen molar-refractivity contribution in [1.82, 2.24) is 4.90 Å². The average Bonchev–Trinajstić information content (AvgIpc) is 2.66. The lowest BCUT2D eigenvalue weighted by Crippen LogP contribution is -2.30. The van der Waals surface area contributed by atoms with E-state index in [1.54, 1.807) is 24.3 Å². The van der Waals surface area contributed by atoms with Gasteiger partial charge >= 0.3 is 0 Å². The molecule has 3 N–H and O–H groups in total. The topological polar surface area (TPSA) is 101 Å². The van der Waals surface area contributed by atoms with Crippen LogP contribution in [0.2, 0.25) is 0 Å². The van der Waals surface area contributed by atoms with Crippen LogP contribution in [0.25, 0.3) is 0 Å². The molecule has 0 aromatic heterocycles. The van der Waals surface area contributed by atoms with Crippen LogP contribution in [-0.2, 0) is 0 Å². The highest BCUT2D eigenvalue weighted by Gasteiger charge is 2.24. The fraction of sp³-hybridized carbons (Fsp3) is 0.294. The third-order valence-corrected chi connectivity index (χ3v) is 4.19. The quantitative estimate of drug-likeness (QED) is 0.277. The lowest BCUT2D eigenvalue weighted by Gasteiger charge is -2.21. The number of hydrogen-bond acceptors (Lipinski definition) is 8. The van der Waals surface area contributed by atoms with Gasteiger partial charge in [-0.15, -0.1) is 0 Å². The van der Waals surface area contributed by atoms with E-state index in [4.69, 9.17) is 19.8 Å². The number of aliphatic hydroxyl groups is 1. The zero-order chi connectivity index (χ0) is 19.3. The van der Waals surface area contributed by atoms with Crippen molar-refractivity contribution in [3.8, 4) is 23.0 Å². The Kier molecular flexibility index (Phi) is 7.02. The van der Waals surface area contributed by atoms with Crippen LogP contribution in [0.5, 0.6) is 23.0 Å². The van der Waals surface area contributed by atoms with Crippen molar-refractivity contribution in [3.05, 3.63) is 47.5 Å². The van der Waals surface area contributed by atoms with Gasteiger partial charge in [-0.2, -0.15) is 0 Å². The number of ether oxygens (including phenoxy) is 1. The summed E-state index contributed by atoms with van der Waals surface area (Å²) in [7, 11) is 5.79. The second kappa shape index (κ2) is 9.02. The summed E-state index contributed by atoms with van der Waals surface area (Å²) in [6.45, 7) is 1.92. The second-order valence-electron chi connectivity index (χ2n) is 5.76. The van der Waals surface area contributed by atoms with Gasteiger partial charge in [-0.25, -0.2) is 10.5 Å². The highest BCUT2D eigenvalue weighted by Crippen LogP contribution is 2.44. The SMILES string of the molecule is CC(Oc1ccc(C(O)c2ccc(OP)c(OO)c2OO)cc1)N(C)C. The number of nitrogens with zero attached hydrogens (tertiary/aromatic N) is 1. The Bertz CT molecular complexity index is 724. The van der Waals surface area contributed by atoms with E-state index >= 15 is 0 Å². The van der Waals surface area contributed by atoms with Crippen molar-refractivity contribution >= 4 is 9.47 Å². The number of hydrogen-bond donors (Lipinski definition) is 3. The Morgan fingerprint density at radius 3 is 2.08 bits per heavy atom. The minimum atomic E-state index is -1.15. The fourth-order valence-electron chi connectivity index (χ4n) is 2.26. The molecule has 0 radical (unpaired) electrons. The molecule has 3 atom stereocenters. The standard InChI is InChI=1S/C17H22NO7P/c1-10(18(2)3)22-12-6-4-11(5-7-12)15(19)13-8-9-14(25-26)17(24-21)16(13)23-20/h4-10,15,19-21H,26H2,1-3H3. The first-order valence-corrected chi connectivity index (χ1v) is 8.17. The van der Waals surface area contributed by atoms with Crippen LogP contribution in [0.15, 0.2) is 36.4 Å². The maximum absolute atomic E-state index is 10.6. The molecule has 2 aromatic rings. The van der Waals surface area contributed by atoms with Crippen molar-refractivity contribution in [2.24, 2.45) is 0 Å². The summed E-state index contributed by atoms with van der Waals surface area (Å²) < 4.78 is 10.7. The molecule has 2 rings (SSSR count). The summed E-state index contributed by atoms with van der Waals surface area (Å²) in [5.74, 6) is 0.214. The van der Waals surface area contributed by atoms with E-state index in [0.29, 0.717) is 11.3 Å². The largest absolute Gasteiger partial charge is 0.476 e. The lowest BCUT2D eigenvalue weighted by atomic mass is 10.00. The van der Waals surface area contributed by atoms with Crippen molar-refractivity contribution in [1.29, 1.82) is 0 Å². The van der Waals surface area contributed by atoms with Crippen LogP contribution in [0.4, 0.5) is 0 Å². The normalized spacial score (nSPS) is 13.2. The Morgan fingerprint density at radius 1 is 0.962 bits per heavy atom. The molecular formula is C17H22NO7P. The van der Waals surface area contributed by atoms with Crippen LogP contribution in [0.3, 0.4) is 0 Å². The van der Waals surface area contributed by atoms with E-state index in [0.717, 1.165) is 0 Å². The highest BCUT2D eigenvalue weighted by atomic mass is 31.0. The zero-order valence-electron chi connectivity index (χ0n) is 14.6. The van der Waals surface area contributed by atoms with Gasteiger partial charge in [0, 0.05) is 5.56 Å². The van der Waals surface area contributed by atoms with Gasteiger partial charge in [-0.1, -0.05) is 12.1 Å². The van der Waals surface area contributed by atoms with E-state index in [2.05, 4.69) is 9.78 Å². The third kappa shape index (κ3) is 4.35. The summed E-state index contributed by atoms with van der Waals surface area (Å²) in [5.41, 5.74) is 0.703. The molecule has 0 spiro atoms. The van der Waals surface area contributed by atoms with Crippen molar-refractivity contribution in [2.45, 2.75) is 19.3 Å². The Morgan fingerprint density at radius 2 is 1.58 bits per heavy atom. The van der Waals surface area contributed by atoms with Gasteiger partial charge in [0.25, 0.3) is 5.75 Å². The molecule has 9 heteroatoms. The van der Waals surface area contributed by atoms with E-state index in [9.17, 15) is 5.11 Å². The molecule has 0 aliphatic carbocycles. The van der Waals surface area contributed by atoms with E-state index < -0.39 is 6.10 Å². The van der Waals surface area contributed by atoms with Crippen molar-refractivity contribution < 1.29 is 34.7 Å². The molecule has 0 amide bonds. The average molecular weight is 383 g/mol. The maximum Gasteiger partial charge on any atom is 0.253 e. The van der Waals surface area contributed by atoms with Gasteiger partial charge in [0.15, 0.2) is 5.75 Å². The van der Waals surface area contributed by atoms with Gasteiger partial charge in [0.2, 0.25) is 5.75 Å². The Labute approximate surface area is 153 Å². The van der Waals surface area contributed by atoms with Crippen molar-refractivity contribution in [3.63, 3.8) is 0 Å². The molecule has 0 aliphatic rings. The summed E-state index contributed by atoms with van der Waals surface area (Å²) >= 11 is 0.